The largest absolute Gasteiger partial charge is 0.478 e. The van der Waals surface area contributed by atoms with Crippen molar-refractivity contribution in [1.82, 2.24) is 0 Å². The van der Waals surface area contributed by atoms with Crippen LogP contribution in [0.25, 0.3) is 0 Å². The van der Waals surface area contributed by atoms with Gasteiger partial charge in [-0.25, -0.2) is 4.79 Å². The van der Waals surface area contributed by atoms with Crippen LogP contribution >= 0.6 is 6.89 Å². The molecule has 0 atom stereocenters. The second kappa shape index (κ2) is 7.83. The van der Waals surface area contributed by atoms with Crippen molar-refractivity contribution in [2.75, 3.05) is 0 Å². The second-order valence-corrected chi connectivity index (χ2v) is 8.87. The van der Waals surface area contributed by atoms with Crippen LogP contribution in [-0.2, 0) is 4.79 Å². The monoisotopic (exact) mass is 346 g/mol. The number of hydrogen-bond donors (Lipinski definition) is 1. The molecule has 3 aromatic carbocycles. The Bertz CT molecular complexity index is 811. The average molecular weight is 346 g/mol. The molecule has 3 rings (SSSR count). The lowest BCUT2D eigenvalue weighted by atomic mass is 10.4. The highest BCUT2D eigenvalue weighted by atomic mass is 31.2. The summed E-state index contributed by atoms with van der Waals surface area (Å²) in [6.45, 7) is -2.08. The van der Waals surface area contributed by atoms with E-state index in [2.05, 4.69) is 42.2 Å². The summed E-state index contributed by atoms with van der Waals surface area (Å²) < 4.78 is 0. The first kappa shape index (κ1) is 17.0. The number of carbonyl (C=O) groups is 1. The van der Waals surface area contributed by atoms with Crippen LogP contribution in [0.4, 0.5) is 0 Å². The van der Waals surface area contributed by atoms with Gasteiger partial charge in [-0.3, -0.25) is 0 Å². The van der Waals surface area contributed by atoms with Crippen LogP contribution in [0.3, 0.4) is 0 Å². The summed E-state index contributed by atoms with van der Waals surface area (Å²) in [6.07, 6.45) is 2.87. The van der Waals surface area contributed by atoms with E-state index in [-0.39, 0.29) is 0 Å². The van der Waals surface area contributed by atoms with Crippen molar-refractivity contribution in [2.45, 2.75) is 0 Å². The lowest BCUT2D eigenvalue weighted by molar-refractivity contribution is -0.131. The van der Waals surface area contributed by atoms with Gasteiger partial charge in [0.25, 0.3) is 0 Å². The van der Waals surface area contributed by atoms with Gasteiger partial charge in [-0.2, -0.15) is 0 Å². The molecule has 0 aliphatic carbocycles. The van der Waals surface area contributed by atoms with E-state index in [0.29, 0.717) is 0 Å². The summed E-state index contributed by atoms with van der Waals surface area (Å²) in [4.78, 5) is 11.0. The Morgan fingerprint density at radius 3 is 1.36 bits per heavy atom. The molecule has 0 fully saturated rings. The molecule has 3 aromatic rings. The first-order valence-electron chi connectivity index (χ1n) is 8.04. The van der Waals surface area contributed by atoms with Crippen LogP contribution in [0.15, 0.2) is 103 Å². The van der Waals surface area contributed by atoms with Gasteiger partial charge in [0.15, 0.2) is 0 Å². The zero-order valence-electron chi connectivity index (χ0n) is 13.7. The van der Waals surface area contributed by atoms with Gasteiger partial charge >= 0.3 is 5.97 Å². The van der Waals surface area contributed by atoms with E-state index in [0.717, 1.165) is 0 Å². The van der Waals surface area contributed by atoms with Gasteiger partial charge < -0.3 is 5.11 Å². The predicted octanol–water partition coefficient (Wildman–Crippen LogP) is 3.42. The Labute approximate surface area is 148 Å². The Morgan fingerprint density at radius 1 is 0.680 bits per heavy atom. The van der Waals surface area contributed by atoms with Gasteiger partial charge in [-0.1, -0.05) is 103 Å². The quantitative estimate of drug-likeness (QED) is 0.568. The number of benzene rings is 3. The third kappa shape index (κ3) is 3.65. The topological polar surface area (TPSA) is 37.3 Å². The molecule has 0 spiro atoms. The summed E-state index contributed by atoms with van der Waals surface area (Å²) in [6, 6.07) is 30.9. The Balaban J connectivity index is 2.38. The molecule has 0 aliphatic rings. The van der Waals surface area contributed by atoms with Crippen molar-refractivity contribution in [1.29, 1.82) is 0 Å². The van der Waals surface area contributed by atoms with E-state index in [1.54, 1.807) is 6.08 Å². The molecular weight excluding hydrogens is 327 g/mol. The summed E-state index contributed by atoms with van der Waals surface area (Å²) in [5, 5.41) is 12.6. The maximum absolute atomic E-state index is 11.0. The first-order chi connectivity index (χ1) is 12.2. The van der Waals surface area contributed by atoms with Gasteiger partial charge in [0.05, 0.1) is 0 Å². The van der Waals surface area contributed by atoms with Crippen LogP contribution in [0.5, 0.6) is 0 Å². The number of rotatable bonds is 5. The second-order valence-electron chi connectivity index (χ2n) is 5.58. The van der Waals surface area contributed by atoms with Crippen molar-refractivity contribution in [3.05, 3.63) is 103 Å². The van der Waals surface area contributed by atoms with E-state index in [1.807, 2.05) is 54.6 Å². The van der Waals surface area contributed by atoms with E-state index >= 15 is 0 Å². The molecule has 0 radical (unpaired) electrons. The summed E-state index contributed by atoms with van der Waals surface area (Å²) in [7, 11) is 0. The number of allylic oxidation sites excluding steroid dienone is 1. The van der Waals surface area contributed by atoms with Gasteiger partial charge in [0.2, 0.25) is 0 Å². The molecular formula is C22H19O2P. The molecule has 0 amide bonds. The van der Waals surface area contributed by atoms with E-state index < -0.39 is 12.9 Å². The molecule has 0 unspecified atom stereocenters. The predicted molar refractivity (Wildman–Crippen MR) is 108 cm³/mol. The summed E-state index contributed by atoms with van der Waals surface area (Å²) >= 11 is 0. The Kier molecular flexibility index (Phi) is 5.33. The van der Waals surface area contributed by atoms with Gasteiger partial charge in [-0.15, -0.1) is 0 Å². The van der Waals surface area contributed by atoms with Crippen molar-refractivity contribution in [3.63, 3.8) is 0 Å². The Morgan fingerprint density at radius 2 is 1.04 bits per heavy atom. The van der Waals surface area contributed by atoms with Crippen LogP contribution in [0.1, 0.15) is 0 Å². The minimum Gasteiger partial charge on any atom is -0.478 e. The zero-order chi connectivity index (χ0) is 17.5. The maximum Gasteiger partial charge on any atom is 0.328 e. The van der Waals surface area contributed by atoms with Crippen molar-refractivity contribution >= 4 is 34.6 Å². The van der Waals surface area contributed by atoms with E-state index in [4.69, 9.17) is 5.11 Å². The zero-order valence-corrected chi connectivity index (χ0v) is 14.6. The molecule has 0 bridgehead atoms. The average Bonchev–Trinajstić information content (AvgIpc) is 2.67. The smallest absolute Gasteiger partial charge is 0.328 e. The maximum atomic E-state index is 11.0. The molecule has 0 saturated carbocycles. The highest BCUT2D eigenvalue weighted by Crippen LogP contribution is 2.43. The summed E-state index contributed by atoms with van der Waals surface area (Å²) in [5.74, 6) is 1.13. The molecule has 1 N–H and O–H groups in total. The third-order valence-electron chi connectivity index (χ3n) is 4.04. The van der Waals surface area contributed by atoms with Crippen LogP contribution in [0, 0.1) is 0 Å². The van der Waals surface area contributed by atoms with Crippen LogP contribution < -0.4 is 15.9 Å². The van der Waals surface area contributed by atoms with E-state index in [1.165, 1.54) is 22.0 Å². The van der Waals surface area contributed by atoms with Crippen LogP contribution in [-0.4, -0.2) is 16.9 Å². The van der Waals surface area contributed by atoms with E-state index in [9.17, 15) is 4.79 Å². The highest BCUT2D eigenvalue weighted by Gasteiger charge is 2.23. The third-order valence-corrected chi connectivity index (χ3v) is 8.00. The first-order valence-corrected chi connectivity index (χ1v) is 9.90. The minimum absolute atomic E-state index is 0.941. The lowest BCUT2D eigenvalue weighted by Crippen LogP contribution is -2.26. The molecule has 0 heterocycles. The number of aliphatic carboxylic acids is 1. The standard InChI is InChI=1S/C22H19O2P/c23-22(24)17-10-18-25(19-11-4-1-5-12-19,20-13-6-2-7-14-20)21-15-8-3-9-16-21/h1-18H,(H,23,24)/b17-10+. The Hall–Kier alpha value is -2.83. The highest BCUT2D eigenvalue weighted by molar-refractivity contribution is 7.94. The molecule has 0 saturated heterocycles. The number of hydrogen-bond acceptors (Lipinski definition) is 1. The lowest BCUT2D eigenvalue weighted by Gasteiger charge is -2.28. The van der Waals surface area contributed by atoms with Crippen molar-refractivity contribution < 1.29 is 9.90 Å². The van der Waals surface area contributed by atoms with Gasteiger partial charge in [-0.05, 0) is 22.8 Å². The SMILES string of the molecule is O=C(O)/C=C/C=P(c1ccccc1)(c1ccccc1)c1ccccc1. The summed E-state index contributed by atoms with van der Waals surface area (Å²) in [5.41, 5.74) is 0. The number of carboxylic acid groups (broad SMARTS) is 1. The fraction of sp³-hybridized carbons (Fsp3) is 0. The normalized spacial score (nSPS) is 11.4. The molecule has 124 valence electrons. The van der Waals surface area contributed by atoms with Crippen molar-refractivity contribution in [3.8, 4) is 0 Å². The molecule has 0 aromatic heterocycles. The van der Waals surface area contributed by atoms with Gasteiger partial charge in [0, 0.05) is 6.08 Å². The molecule has 3 heteroatoms. The molecule has 25 heavy (non-hydrogen) atoms. The fourth-order valence-electron chi connectivity index (χ4n) is 2.95. The molecule has 2 nitrogen and oxygen atoms in total. The van der Waals surface area contributed by atoms with Gasteiger partial charge in [0.1, 0.15) is 0 Å². The van der Waals surface area contributed by atoms with Crippen LogP contribution in [0.2, 0.25) is 0 Å². The number of carboxylic acids is 1. The van der Waals surface area contributed by atoms with Crippen molar-refractivity contribution in [2.24, 2.45) is 0 Å². The molecule has 0 aliphatic heterocycles. The fourth-order valence-corrected chi connectivity index (χ4v) is 6.63. The minimum atomic E-state index is -2.08.